The molecule has 0 atom stereocenters. The second-order valence-electron chi connectivity index (χ2n) is 14.9. The van der Waals surface area contributed by atoms with E-state index in [2.05, 4.69) is 170 Å². The van der Waals surface area contributed by atoms with Crippen LogP contribution < -0.4 is 4.90 Å². The van der Waals surface area contributed by atoms with Crippen LogP contribution in [0.1, 0.15) is 25.0 Å². The van der Waals surface area contributed by atoms with Gasteiger partial charge in [-0.2, -0.15) is 0 Å². The third kappa shape index (κ3) is 4.61. The summed E-state index contributed by atoms with van der Waals surface area (Å²) >= 11 is 0. The van der Waals surface area contributed by atoms with Gasteiger partial charge in [0, 0.05) is 50.1 Å². The number of rotatable bonds is 5. The second kappa shape index (κ2) is 11.6. The Hall–Kier alpha value is -6.84. The average Bonchev–Trinajstić information content (AvgIpc) is 3.85. The maximum atomic E-state index is 6.43. The lowest BCUT2D eigenvalue weighted by Crippen LogP contribution is -2.15. The zero-order chi connectivity index (χ0) is 36.0. The number of furan rings is 2. The Morgan fingerprint density at radius 3 is 1.69 bits per heavy atom. The summed E-state index contributed by atoms with van der Waals surface area (Å²) in [6.45, 7) is 4.70. The minimum absolute atomic E-state index is 0.130. The van der Waals surface area contributed by atoms with Crippen molar-refractivity contribution in [1.29, 1.82) is 0 Å². The highest BCUT2D eigenvalue weighted by Crippen LogP contribution is 2.54. The van der Waals surface area contributed by atoms with Gasteiger partial charge >= 0.3 is 0 Å². The largest absolute Gasteiger partial charge is 0.456 e. The van der Waals surface area contributed by atoms with Gasteiger partial charge in [0.15, 0.2) is 0 Å². The molecule has 0 saturated heterocycles. The number of hydrogen-bond acceptors (Lipinski definition) is 3. The first-order valence-electron chi connectivity index (χ1n) is 18.6. The fourth-order valence-corrected chi connectivity index (χ4v) is 8.80. The van der Waals surface area contributed by atoms with Crippen LogP contribution in [0.3, 0.4) is 0 Å². The zero-order valence-electron chi connectivity index (χ0n) is 30.0. The summed E-state index contributed by atoms with van der Waals surface area (Å²) in [6, 6.07) is 63.0. The molecular formula is C51H35NO2. The fraction of sp³-hybridized carbons (Fsp3) is 0.0588. The fourth-order valence-electron chi connectivity index (χ4n) is 8.80. The van der Waals surface area contributed by atoms with Gasteiger partial charge in [-0.15, -0.1) is 0 Å². The van der Waals surface area contributed by atoms with E-state index in [4.69, 9.17) is 8.83 Å². The molecule has 54 heavy (non-hydrogen) atoms. The molecule has 0 bridgehead atoms. The van der Waals surface area contributed by atoms with Crippen molar-refractivity contribution >= 4 is 60.9 Å². The second-order valence-corrected chi connectivity index (χ2v) is 14.9. The average molecular weight is 694 g/mol. The van der Waals surface area contributed by atoms with Crippen molar-refractivity contribution in [3.8, 4) is 33.4 Å². The molecule has 1 aliphatic rings. The predicted octanol–water partition coefficient (Wildman–Crippen LogP) is 14.6. The van der Waals surface area contributed by atoms with E-state index in [1.807, 2.05) is 24.3 Å². The molecule has 1 aliphatic carbocycles. The van der Waals surface area contributed by atoms with Crippen molar-refractivity contribution in [3.63, 3.8) is 0 Å². The highest BCUT2D eigenvalue weighted by atomic mass is 16.3. The summed E-state index contributed by atoms with van der Waals surface area (Å²) in [5.41, 5.74) is 16.7. The standard InChI is InChI=1S/C51H35NO2/c1-51(2)44-28-25-36(30-43(44)50-38(15-10-16-45(50)51)33-11-4-3-5-12-33)52(37-24-27-42-40-14-7-9-18-47(40)54-49(42)31-37)35-22-19-32(20-23-35)34-21-26-41-39-13-6-8-17-46(39)53-48(41)29-34/h3-31H,1-2H3. The molecule has 10 aromatic rings. The molecule has 11 rings (SSSR count). The van der Waals surface area contributed by atoms with E-state index in [1.54, 1.807) is 0 Å². The number of para-hydroxylation sites is 2. The minimum Gasteiger partial charge on any atom is -0.456 e. The molecule has 0 aliphatic heterocycles. The van der Waals surface area contributed by atoms with E-state index in [1.165, 1.54) is 33.4 Å². The quantitative estimate of drug-likeness (QED) is 0.180. The van der Waals surface area contributed by atoms with E-state index >= 15 is 0 Å². The maximum Gasteiger partial charge on any atom is 0.137 e. The van der Waals surface area contributed by atoms with Gasteiger partial charge in [-0.3, -0.25) is 0 Å². The first-order valence-corrected chi connectivity index (χ1v) is 18.6. The molecule has 0 N–H and O–H groups in total. The lowest BCUT2D eigenvalue weighted by atomic mass is 9.82. The van der Waals surface area contributed by atoms with E-state index in [0.717, 1.165) is 72.1 Å². The van der Waals surface area contributed by atoms with Gasteiger partial charge in [0.25, 0.3) is 0 Å². The SMILES string of the molecule is CC1(C)c2ccc(N(c3ccc(-c4ccc5c(c4)oc4ccccc45)cc3)c3ccc4c(c3)oc3ccccc34)cc2-c2c(-c3ccccc3)cccc21. The van der Waals surface area contributed by atoms with Crippen LogP contribution in [0, 0.1) is 0 Å². The molecule has 0 radical (unpaired) electrons. The topological polar surface area (TPSA) is 29.5 Å². The predicted molar refractivity (Wildman–Crippen MR) is 224 cm³/mol. The molecule has 2 heterocycles. The van der Waals surface area contributed by atoms with E-state index < -0.39 is 0 Å². The summed E-state index contributed by atoms with van der Waals surface area (Å²) < 4.78 is 12.7. The van der Waals surface area contributed by atoms with Crippen molar-refractivity contribution in [2.45, 2.75) is 19.3 Å². The first-order chi connectivity index (χ1) is 26.5. The summed E-state index contributed by atoms with van der Waals surface area (Å²) in [5, 5.41) is 4.52. The van der Waals surface area contributed by atoms with E-state index in [-0.39, 0.29) is 5.41 Å². The summed E-state index contributed by atoms with van der Waals surface area (Å²) in [5.74, 6) is 0. The van der Waals surface area contributed by atoms with Crippen LogP contribution >= 0.6 is 0 Å². The molecule has 0 saturated carbocycles. The Kier molecular flexibility index (Phi) is 6.60. The molecule has 3 heteroatoms. The van der Waals surface area contributed by atoms with Crippen LogP contribution in [0.15, 0.2) is 185 Å². The Labute approximate surface area is 313 Å². The minimum atomic E-state index is -0.130. The molecule has 0 spiro atoms. The number of benzene rings is 8. The van der Waals surface area contributed by atoms with Crippen molar-refractivity contribution < 1.29 is 8.83 Å². The maximum absolute atomic E-state index is 6.43. The summed E-state index contributed by atoms with van der Waals surface area (Å²) in [4.78, 5) is 2.36. The van der Waals surface area contributed by atoms with Crippen LogP contribution in [-0.2, 0) is 5.41 Å². The van der Waals surface area contributed by atoms with Gasteiger partial charge in [-0.1, -0.05) is 123 Å². The summed E-state index contributed by atoms with van der Waals surface area (Å²) in [6.07, 6.45) is 0. The van der Waals surface area contributed by atoms with Crippen molar-refractivity contribution in [1.82, 2.24) is 0 Å². The van der Waals surface area contributed by atoms with Crippen LogP contribution in [0.2, 0.25) is 0 Å². The summed E-state index contributed by atoms with van der Waals surface area (Å²) in [7, 11) is 0. The molecule has 256 valence electrons. The lowest BCUT2D eigenvalue weighted by molar-refractivity contribution is 0.660. The number of hydrogen-bond donors (Lipinski definition) is 0. The van der Waals surface area contributed by atoms with Gasteiger partial charge in [0.1, 0.15) is 22.3 Å². The Morgan fingerprint density at radius 2 is 0.944 bits per heavy atom. The molecule has 0 amide bonds. The number of nitrogens with zero attached hydrogens (tertiary/aromatic N) is 1. The third-order valence-corrected chi connectivity index (χ3v) is 11.5. The Balaban J connectivity index is 1.07. The zero-order valence-corrected chi connectivity index (χ0v) is 30.0. The van der Waals surface area contributed by atoms with E-state index in [0.29, 0.717) is 0 Å². The lowest BCUT2D eigenvalue weighted by Gasteiger charge is -2.27. The van der Waals surface area contributed by atoms with E-state index in [9.17, 15) is 0 Å². The highest BCUT2D eigenvalue weighted by molar-refractivity contribution is 6.07. The Bertz CT molecular complexity index is 3070. The van der Waals surface area contributed by atoms with Gasteiger partial charge in [0.2, 0.25) is 0 Å². The molecule has 8 aromatic carbocycles. The molecule has 0 unspecified atom stereocenters. The van der Waals surface area contributed by atoms with Crippen LogP contribution in [0.5, 0.6) is 0 Å². The Morgan fingerprint density at radius 1 is 0.370 bits per heavy atom. The van der Waals surface area contributed by atoms with Gasteiger partial charge in [-0.05, 0) is 105 Å². The smallest absolute Gasteiger partial charge is 0.137 e. The van der Waals surface area contributed by atoms with Crippen molar-refractivity contribution in [3.05, 3.63) is 187 Å². The normalized spacial score (nSPS) is 13.1. The third-order valence-electron chi connectivity index (χ3n) is 11.5. The van der Waals surface area contributed by atoms with Gasteiger partial charge in [0.05, 0.1) is 0 Å². The van der Waals surface area contributed by atoms with Crippen LogP contribution in [0.25, 0.3) is 77.3 Å². The van der Waals surface area contributed by atoms with Gasteiger partial charge in [-0.25, -0.2) is 0 Å². The van der Waals surface area contributed by atoms with Crippen molar-refractivity contribution in [2.24, 2.45) is 0 Å². The monoisotopic (exact) mass is 693 g/mol. The number of anilines is 3. The first kappa shape index (κ1) is 30.8. The highest BCUT2D eigenvalue weighted by Gasteiger charge is 2.37. The molecule has 0 fully saturated rings. The molecule has 3 nitrogen and oxygen atoms in total. The van der Waals surface area contributed by atoms with Gasteiger partial charge < -0.3 is 13.7 Å². The van der Waals surface area contributed by atoms with Crippen LogP contribution in [0.4, 0.5) is 17.1 Å². The molecular weight excluding hydrogens is 659 g/mol. The number of fused-ring (bicyclic) bond motifs is 9. The van der Waals surface area contributed by atoms with Crippen LogP contribution in [-0.4, -0.2) is 0 Å². The molecule has 2 aromatic heterocycles. The van der Waals surface area contributed by atoms with Crippen molar-refractivity contribution in [2.75, 3.05) is 4.90 Å².